The minimum absolute atomic E-state index is 0.0993. The normalized spacial score (nSPS) is 11.3. The highest BCUT2D eigenvalue weighted by atomic mass is 15.0. The second-order valence-electron chi connectivity index (χ2n) is 8.59. The highest BCUT2D eigenvalue weighted by molar-refractivity contribution is 5.69. The molecule has 148 valence electrons. The molecule has 3 nitrogen and oxygen atoms in total. The Bertz CT molecular complexity index is 1180. The molecule has 0 aliphatic heterocycles. The van der Waals surface area contributed by atoms with Gasteiger partial charge < -0.3 is 4.57 Å². The van der Waals surface area contributed by atoms with Gasteiger partial charge in [0.2, 0.25) is 0 Å². The molecule has 30 heavy (non-hydrogen) atoms. The van der Waals surface area contributed by atoms with E-state index >= 15 is 0 Å². The van der Waals surface area contributed by atoms with Crippen LogP contribution >= 0.6 is 0 Å². The molecule has 0 radical (unpaired) electrons. The summed E-state index contributed by atoms with van der Waals surface area (Å²) in [6, 6.07) is 27.2. The Morgan fingerprint density at radius 1 is 0.867 bits per heavy atom. The van der Waals surface area contributed by atoms with E-state index in [0.717, 1.165) is 17.8 Å². The van der Waals surface area contributed by atoms with Crippen molar-refractivity contribution >= 4 is 0 Å². The largest absolute Gasteiger partial charge is 0.326 e. The van der Waals surface area contributed by atoms with Gasteiger partial charge in [-0.25, -0.2) is 4.98 Å². The van der Waals surface area contributed by atoms with Crippen LogP contribution in [0.25, 0.3) is 22.4 Å². The number of aromatic nitrogens is 2. The highest BCUT2D eigenvalue weighted by Gasteiger charge is 2.18. The van der Waals surface area contributed by atoms with Crippen molar-refractivity contribution in [2.24, 2.45) is 0 Å². The van der Waals surface area contributed by atoms with Crippen molar-refractivity contribution in [3.8, 4) is 28.5 Å². The van der Waals surface area contributed by atoms with Gasteiger partial charge in [-0.3, -0.25) is 0 Å². The van der Waals surface area contributed by atoms with Crippen LogP contribution in [0.3, 0.4) is 0 Å². The fourth-order valence-electron chi connectivity index (χ4n) is 3.78. The number of nitrogens with zero attached hydrogens (tertiary/aromatic N) is 3. The molecular weight excluding hydrogens is 366 g/mol. The van der Waals surface area contributed by atoms with Gasteiger partial charge in [0.05, 0.1) is 29.9 Å². The maximum atomic E-state index is 9.01. The van der Waals surface area contributed by atoms with Crippen molar-refractivity contribution in [2.45, 2.75) is 32.7 Å². The molecule has 4 rings (SSSR count). The predicted molar refractivity (Wildman–Crippen MR) is 122 cm³/mol. The lowest BCUT2D eigenvalue weighted by atomic mass is 9.82. The van der Waals surface area contributed by atoms with Crippen LogP contribution in [-0.4, -0.2) is 9.55 Å². The van der Waals surface area contributed by atoms with E-state index in [4.69, 9.17) is 5.26 Å². The molecule has 0 unspecified atom stereocenters. The third-order valence-electron chi connectivity index (χ3n) is 5.38. The average Bonchev–Trinajstić information content (AvgIpc) is 3.22. The van der Waals surface area contributed by atoms with E-state index in [2.05, 4.69) is 84.9 Å². The van der Waals surface area contributed by atoms with Gasteiger partial charge in [-0.2, -0.15) is 5.26 Å². The number of hydrogen-bond acceptors (Lipinski definition) is 2. The lowest BCUT2D eigenvalue weighted by Crippen LogP contribution is -2.12. The summed E-state index contributed by atoms with van der Waals surface area (Å²) in [7, 11) is 0. The monoisotopic (exact) mass is 391 g/mol. The van der Waals surface area contributed by atoms with E-state index in [1.165, 1.54) is 22.3 Å². The summed E-state index contributed by atoms with van der Waals surface area (Å²) in [6.07, 6.45) is 3.73. The van der Waals surface area contributed by atoms with Crippen LogP contribution in [0.1, 0.15) is 37.5 Å². The minimum Gasteiger partial charge on any atom is -0.326 e. The molecule has 0 aliphatic rings. The predicted octanol–water partition coefficient (Wildman–Crippen LogP) is 6.43. The molecule has 1 aromatic heterocycles. The number of benzene rings is 3. The molecular formula is C27H25N3. The summed E-state index contributed by atoms with van der Waals surface area (Å²) >= 11 is 0. The maximum absolute atomic E-state index is 9.01. The zero-order valence-electron chi connectivity index (χ0n) is 17.6. The molecule has 0 bridgehead atoms. The Balaban J connectivity index is 1.59. The Kier molecular flexibility index (Phi) is 5.25. The molecule has 1 heterocycles. The van der Waals surface area contributed by atoms with E-state index in [-0.39, 0.29) is 5.41 Å². The van der Waals surface area contributed by atoms with Crippen LogP contribution < -0.4 is 0 Å². The van der Waals surface area contributed by atoms with Crippen molar-refractivity contribution in [1.29, 1.82) is 5.26 Å². The SMILES string of the molecule is CC(C)(C)c1ccccc1-c1ccc(Cn2cncc2-c2ccc(C#N)cc2)cc1. The lowest BCUT2D eigenvalue weighted by molar-refractivity contribution is 0.592. The van der Waals surface area contributed by atoms with Gasteiger partial charge in [0.15, 0.2) is 0 Å². The summed E-state index contributed by atoms with van der Waals surface area (Å²) in [6.45, 7) is 7.51. The Labute approximate surface area is 178 Å². The molecule has 4 aromatic rings. The van der Waals surface area contributed by atoms with E-state index < -0.39 is 0 Å². The van der Waals surface area contributed by atoms with Crippen LogP contribution in [0, 0.1) is 11.3 Å². The zero-order valence-corrected chi connectivity index (χ0v) is 17.6. The first-order chi connectivity index (χ1) is 14.5. The smallest absolute Gasteiger partial charge is 0.0991 e. The number of rotatable bonds is 4. The fourth-order valence-corrected chi connectivity index (χ4v) is 3.78. The van der Waals surface area contributed by atoms with Crippen molar-refractivity contribution in [3.05, 3.63) is 102 Å². The average molecular weight is 392 g/mol. The minimum atomic E-state index is 0.0993. The Morgan fingerprint density at radius 2 is 1.53 bits per heavy atom. The molecule has 0 N–H and O–H groups in total. The van der Waals surface area contributed by atoms with E-state index in [9.17, 15) is 0 Å². The van der Waals surface area contributed by atoms with Crippen LogP contribution in [-0.2, 0) is 12.0 Å². The van der Waals surface area contributed by atoms with Crippen molar-refractivity contribution in [3.63, 3.8) is 0 Å². The highest BCUT2D eigenvalue weighted by Crippen LogP contribution is 2.33. The lowest BCUT2D eigenvalue weighted by Gasteiger charge is -2.23. The second-order valence-corrected chi connectivity index (χ2v) is 8.59. The van der Waals surface area contributed by atoms with Gasteiger partial charge >= 0.3 is 0 Å². The summed E-state index contributed by atoms with van der Waals surface area (Å²) in [5.74, 6) is 0. The number of hydrogen-bond donors (Lipinski definition) is 0. The molecule has 3 heteroatoms. The first-order valence-corrected chi connectivity index (χ1v) is 10.2. The van der Waals surface area contributed by atoms with Gasteiger partial charge in [0.1, 0.15) is 0 Å². The van der Waals surface area contributed by atoms with Gasteiger partial charge in [-0.05, 0) is 45.4 Å². The van der Waals surface area contributed by atoms with Crippen LogP contribution in [0.4, 0.5) is 0 Å². The van der Waals surface area contributed by atoms with Crippen molar-refractivity contribution < 1.29 is 0 Å². The second kappa shape index (κ2) is 8.00. The Hall–Kier alpha value is -3.64. The van der Waals surface area contributed by atoms with Crippen LogP contribution in [0.2, 0.25) is 0 Å². The number of nitriles is 1. The topological polar surface area (TPSA) is 41.6 Å². The molecule has 0 atom stereocenters. The molecule has 0 spiro atoms. The first-order valence-electron chi connectivity index (χ1n) is 10.2. The third-order valence-corrected chi connectivity index (χ3v) is 5.38. The van der Waals surface area contributed by atoms with Gasteiger partial charge in [0.25, 0.3) is 0 Å². The van der Waals surface area contributed by atoms with E-state index in [1.54, 1.807) is 0 Å². The molecule has 0 aliphatic carbocycles. The first kappa shape index (κ1) is 19.7. The van der Waals surface area contributed by atoms with Crippen molar-refractivity contribution in [2.75, 3.05) is 0 Å². The molecule has 0 saturated carbocycles. The summed E-state index contributed by atoms with van der Waals surface area (Å²) < 4.78 is 2.14. The van der Waals surface area contributed by atoms with Gasteiger partial charge in [-0.15, -0.1) is 0 Å². The van der Waals surface area contributed by atoms with Crippen LogP contribution in [0.5, 0.6) is 0 Å². The van der Waals surface area contributed by atoms with E-state index in [0.29, 0.717) is 5.56 Å². The van der Waals surface area contributed by atoms with E-state index in [1.807, 2.05) is 36.8 Å². The van der Waals surface area contributed by atoms with Gasteiger partial charge in [-0.1, -0.05) is 81.4 Å². The van der Waals surface area contributed by atoms with Crippen LogP contribution in [0.15, 0.2) is 85.3 Å². The molecule has 3 aromatic carbocycles. The fraction of sp³-hybridized carbons (Fsp3) is 0.185. The molecule has 0 amide bonds. The summed E-state index contributed by atoms with van der Waals surface area (Å²) in [4.78, 5) is 4.34. The number of imidazole rings is 1. The quantitative estimate of drug-likeness (QED) is 0.402. The zero-order chi connectivity index (χ0) is 21.1. The van der Waals surface area contributed by atoms with Crippen molar-refractivity contribution in [1.82, 2.24) is 9.55 Å². The van der Waals surface area contributed by atoms with Gasteiger partial charge in [0, 0.05) is 6.54 Å². The molecule has 0 fully saturated rings. The Morgan fingerprint density at radius 3 is 2.20 bits per heavy atom. The maximum Gasteiger partial charge on any atom is 0.0991 e. The summed E-state index contributed by atoms with van der Waals surface area (Å²) in [5, 5.41) is 9.01. The summed E-state index contributed by atoms with van der Waals surface area (Å²) in [5.41, 5.74) is 7.97. The molecule has 0 saturated heterocycles. The standard InChI is InChI=1S/C27H25N3/c1-27(2,3)25-7-5-4-6-24(25)22-12-10-21(11-13-22)18-30-19-29-17-26(30)23-14-8-20(16-28)9-15-23/h4-15,17,19H,18H2,1-3H3. The third kappa shape index (κ3) is 4.04.